The first-order chi connectivity index (χ1) is 20.4. The number of fused-ring (bicyclic) bond motifs is 2. The van der Waals surface area contributed by atoms with Crippen LogP contribution in [-0.4, -0.2) is 98.0 Å². The number of thiazole rings is 1. The predicted molar refractivity (Wildman–Crippen MR) is 162 cm³/mol. The summed E-state index contributed by atoms with van der Waals surface area (Å²) in [6.07, 6.45) is 1.65. The van der Waals surface area contributed by atoms with Crippen molar-refractivity contribution in [3.63, 3.8) is 0 Å². The lowest BCUT2D eigenvalue weighted by atomic mass is 9.83. The summed E-state index contributed by atoms with van der Waals surface area (Å²) in [6.45, 7) is 5.43. The van der Waals surface area contributed by atoms with E-state index in [2.05, 4.69) is 4.98 Å². The van der Waals surface area contributed by atoms with E-state index in [0.29, 0.717) is 31.3 Å². The molecule has 1 saturated heterocycles. The molecule has 2 aliphatic heterocycles. The number of hydrogen-bond acceptors (Lipinski definition) is 8. The second-order valence-electron chi connectivity index (χ2n) is 11.8. The molecule has 43 heavy (non-hydrogen) atoms. The van der Waals surface area contributed by atoms with Crippen LogP contribution in [0.5, 0.6) is 5.19 Å². The van der Waals surface area contributed by atoms with Gasteiger partial charge in [-0.15, -0.1) is 0 Å². The summed E-state index contributed by atoms with van der Waals surface area (Å²) >= 11 is 14.0. The summed E-state index contributed by atoms with van der Waals surface area (Å²) < 4.78 is 11.1. The number of nitrogens with zero attached hydrogens (tertiary/aromatic N) is 4. The number of rotatable bonds is 8. The molecule has 2 N–H and O–H groups in total. The van der Waals surface area contributed by atoms with Gasteiger partial charge in [0.2, 0.25) is 0 Å². The number of benzene rings is 1. The van der Waals surface area contributed by atoms with Crippen LogP contribution < -0.4 is 4.74 Å². The molecule has 0 radical (unpaired) electrons. The Hall–Kier alpha value is -3.06. The van der Waals surface area contributed by atoms with Crippen LogP contribution in [0.4, 0.5) is 9.59 Å². The van der Waals surface area contributed by atoms with Crippen molar-refractivity contribution in [2.24, 2.45) is 0 Å². The van der Waals surface area contributed by atoms with E-state index in [-0.39, 0.29) is 56.8 Å². The van der Waals surface area contributed by atoms with Gasteiger partial charge < -0.3 is 29.5 Å². The highest BCUT2D eigenvalue weighted by Gasteiger charge is 2.50. The van der Waals surface area contributed by atoms with Crippen LogP contribution in [0, 0.1) is 0 Å². The SMILES string of the molecule is CC(C)(C)OC(=O)N1CC2CC(c3cnc(OCCO)s3)=C(C(=O)N(Cc3cccc(Cl)c3Cl)C3CC3)[C@@H](C1)N2C(=O)O. The Bertz CT molecular complexity index is 1440. The first kappa shape index (κ1) is 31.4. The van der Waals surface area contributed by atoms with E-state index in [9.17, 15) is 24.6 Å². The minimum atomic E-state index is -1.17. The van der Waals surface area contributed by atoms with Gasteiger partial charge in [-0.1, -0.05) is 46.7 Å². The number of aliphatic hydroxyl groups is 1. The van der Waals surface area contributed by atoms with Crippen molar-refractivity contribution < 1.29 is 34.1 Å². The minimum Gasteiger partial charge on any atom is -0.468 e. The van der Waals surface area contributed by atoms with Crippen LogP contribution in [0.2, 0.25) is 10.0 Å². The van der Waals surface area contributed by atoms with Crippen LogP contribution in [0.15, 0.2) is 30.0 Å². The number of aromatic nitrogens is 1. The molecule has 1 aromatic carbocycles. The first-order valence-corrected chi connectivity index (χ1v) is 15.6. The normalized spacial score (nSPS) is 20.2. The number of aliphatic hydroxyl groups excluding tert-OH is 1. The second-order valence-corrected chi connectivity index (χ2v) is 13.6. The van der Waals surface area contributed by atoms with E-state index in [4.69, 9.17) is 32.7 Å². The van der Waals surface area contributed by atoms with E-state index < -0.39 is 29.9 Å². The molecule has 11 nitrogen and oxygen atoms in total. The molecule has 3 heterocycles. The van der Waals surface area contributed by atoms with Crippen molar-refractivity contribution in [2.45, 2.75) is 70.3 Å². The Balaban J connectivity index is 1.59. The number of carbonyl (C=O) groups is 3. The fourth-order valence-corrected chi connectivity index (χ4v) is 6.77. The zero-order chi connectivity index (χ0) is 31.1. The second kappa shape index (κ2) is 12.5. The maximum absolute atomic E-state index is 14.7. The van der Waals surface area contributed by atoms with Crippen LogP contribution in [0.1, 0.15) is 50.5 Å². The molecule has 2 fully saturated rings. The molecule has 14 heteroatoms. The fraction of sp³-hybridized carbons (Fsp3) is 0.517. The van der Waals surface area contributed by atoms with Crippen LogP contribution >= 0.6 is 34.5 Å². The standard InChI is InChI=1S/C29H34Cl2N4O7S/c1-29(2,3)42-28(40)33-14-18-11-19(22-12-32-26(43-22)41-10-9-36)23(21(15-33)35(18)27(38)39)25(37)34(17-7-8-17)13-16-5-4-6-20(30)24(16)31/h4-6,12,17-18,21,36H,7-11,13-15H2,1-3H3,(H,38,39)/t18?,21-/m1/s1. The van der Waals surface area contributed by atoms with Crippen molar-refractivity contribution in [3.05, 3.63) is 50.5 Å². The fourth-order valence-electron chi connectivity index (χ4n) is 5.54. The highest BCUT2D eigenvalue weighted by atomic mass is 35.5. The molecule has 1 aromatic heterocycles. The summed E-state index contributed by atoms with van der Waals surface area (Å²) in [6, 6.07) is 3.65. The molecule has 232 valence electrons. The molecule has 2 atom stereocenters. The van der Waals surface area contributed by atoms with Crippen molar-refractivity contribution in [1.82, 2.24) is 19.7 Å². The first-order valence-electron chi connectivity index (χ1n) is 14.0. The molecule has 3 amide bonds. The Kier molecular flexibility index (Phi) is 9.12. The smallest absolute Gasteiger partial charge is 0.410 e. The molecule has 1 aliphatic carbocycles. The third-order valence-electron chi connectivity index (χ3n) is 7.47. The molecular weight excluding hydrogens is 619 g/mol. The maximum Gasteiger partial charge on any atom is 0.410 e. The number of hydrogen-bond donors (Lipinski definition) is 2. The van der Waals surface area contributed by atoms with Gasteiger partial charge in [-0.3, -0.25) is 9.69 Å². The average molecular weight is 654 g/mol. The van der Waals surface area contributed by atoms with Crippen molar-refractivity contribution >= 4 is 58.2 Å². The molecule has 1 unspecified atom stereocenters. The molecule has 1 saturated carbocycles. The van der Waals surface area contributed by atoms with E-state index in [1.54, 1.807) is 44.0 Å². The lowest BCUT2D eigenvalue weighted by Crippen LogP contribution is -2.65. The Morgan fingerprint density at radius 3 is 2.58 bits per heavy atom. The van der Waals surface area contributed by atoms with Gasteiger partial charge in [0.25, 0.3) is 11.1 Å². The molecule has 2 bridgehead atoms. The average Bonchev–Trinajstić information content (AvgIpc) is 3.66. The summed E-state index contributed by atoms with van der Waals surface area (Å²) in [5.74, 6) is -0.333. The third-order valence-corrected chi connectivity index (χ3v) is 9.30. The van der Waals surface area contributed by atoms with Crippen LogP contribution in [0.25, 0.3) is 5.57 Å². The van der Waals surface area contributed by atoms with Gasteiger partial charge in [-0.25, -0.2) is 14.6 Å². The zero-order valence-corrected chi connectivity index (χ0v) is 26.4. The Morgan fingerprint density at radius 1 is 1.19 bits per heavy atom. The minimum absolute atomic E-state index is 0.0502. The highest BCUT2D eigenvalue weighted by Crippen LogP contribution is 2.43. The topological polar surface area (TPSA) is 133 Å². The van der Waals surface area contributed by atoms with Gasteiger partial charge in [-0.2, -0.15) is 0 Å². The molecular formula is C29H34Cl2N4O7S. The third kappa shape index (κ3) is 6.87. The molecule has 5 rings (SSSR count). The largest absolute Gasteiger partial charge is 0.468 e. The van der Waals surface area contributed by atoms with E-state index >= 15 is 0 Å². The van der Waals surface area contributed by atoms with Gasteiger partial charge in [0.15, 0.2) is 0 Å². The summed E-state index contributed by atoms with van der Waals surface area (Å²) in [5.41, 5.74) is 0.884. The quantitative estimate of drug-likeness (QED) is 0.401. The van der Waals surface area contributed by atoms with Gasteiger partial charge in [0.05, 0.1) is 33.6 Å². The predicted octanol–water partition coefficient (Wildman–Crippen LogP) is 5.14. The number of amides is 3. The van der Waals surface area contributed by atoms with E-state index in [1.165, 1.54) is 21.1 Å². The van der Waals surface area contributed by atoms with Crippen molar-refractivity contribution in [2.75, 3.05) is 26.3 Å². The number of carboxylic acid groups (broad SMARTS) is 1. The summed E-state index contributed by atoms with van der Waals surface area (Å²) in [4.78, 5) is 50.0. The lowest BCUT2D eigenvalue weighted by molar-refractivity contribution is -0.129. The zero-order valence-electron chi connectivity index (χ0n) is 24.1. The van der Waals surface area contributed by atoms with Gasteiger partial charge in [0.1, 0.15) is 12.2 Å². The van der Waals surface area contributed by atoms with Crippen molar-refractivity contribution in [1.29, 1.82) is 0 Å². The Labute approximate surface area is 263 Å². The number of piperazine rings is 1. The van der Waals surface area contributed by atoms with Crippen LogP contribution in [0.3, 0.4) is 0 Å². The van der Waals surface area contributed by atoms with E-state index in [1.807, 2.05) is 6.07 Å². The van der Waals surface area contributed by atoms with Gasteiger partial charge >= 0.3 is 12.2 Å². The maximum atomic E-state index is 14.7. The van der Waals surface area contributed by atoms with E-state index in [0.717, 1.165) is 12.8 Å². The molecule has 0 spiro atoms. The van der Waals surface area contributed by atoms with Crippen molar-refractivity contribution in [3.8, 4) is 5.19 Å². The monoisotopic (exact) mass is 652 g/mol. The number of carbonyl (C=O) groups excluding carboxylic acids is 2. The number of halogens is 2. The molecule has 3 aliphatic rings. The van der Waals surface area contributed by atoms with Crippen LogP contribution in [-0.2, 0) is 16.1 Å². The molecule has 2 aromatic rings. The van der Waals surface area contributed by atoms with Gasteiger partial charge in [0, 0.05) is 37.4 Å². The number of ether oxygens (including phenoxy) is 2. The highest BCUT2D eigenvalue weighted by molar-refractivity contribution is 7.14. The lowest BCUT2D eigenvalue weighted by Gasteiger charge is -2.50. The summed E-state index contributed by atoms with van der Waals surface area (Å²) in [5, 5.41) is 20.6. The Morgan fingerprint density at radius 2 is 1.93 bits per heavy atom. The summed E-state index contributed by atoms with van der Waals surface area (Å²) in [7, 11) is 0. The van der Waals surface area contributed by atoms with Gasteiger partial charge in [-0.05, 0) is 57.2 Å².